The van der Waals surface area contributed by atoms with Gasteiger partial charge in [0, 0.05) is 13.0 Å². The van der Waals surface area contributed by atoms with Gasteiger partial charge in [-0.05, 0) is 32.1 Å². The zero-order valence-corrected chi connectivity index (χ0v) is 23.7. The maximum atomic E-state index is 11.9. The van der Waals surface area contributed by atoms with E-state index in [-0.39, 0.29) is 5.91 Å². The van der Waals surface area contributed by atoms with Crippen LogP contribution in [0, 0.1) is 0 Å². The van der Waals surface area contributed by atoms with Crippen LogP contribution in [0.4, 0.5) is 0 Å². The number of hydrogen-bond donors (Lipinski definition) is 1. The van der Waals surface area contributed by atoms with Crippen molar-refractivity contribution in [1.29, 1.82) is 0 Å². The van der Waals surface area contributed by atoms with Crippen LogP contribution in [0.5, 0.6) is 0 Å². The van der Waals surface area contributed by atoms with Crippen molar-refractivity contribution in [3.8, 4) is 0 Å². The van der Waals surface area contributed by atoms with E-state index in [1.54, 1.807) is 0 Å². The number of carbonyl (C=O) groups excluding carboxylic acids is 1. The molecular weight excluding hydrogens is 414 g/mol. The summed E-state index contributed by atoms with van der Waals surface area (Å²) in [5.74, 6) is 0.251. The Morgan fingerprint density at radius 1 is 0.471 bits per heavy atom. The Balaban J connectivity index is 3.21. The van der Waals surface area contributed by atoms with Gasteiger partial charge < -0.3 is 5.32 Å². The van der Waals surface area contributed by atoms with Crippen molar-refractivity contribution in [1.82, 2.24) is 5.32 Å². The molecule has 0 aromatic rings. The number of unbranched alkanes of at least 4 members (excludes halogenated alkanes) is 22. The molecule has 2 heteroatoms. The molecule has 0 aromatic carbocycles. The summed E-state index contributed by atoms with van der Waals surface area (Å²) in [7, 11) is 0. The van der Waals surface area contributed by atoms with E-state index < -0.39 is 0 Å². The first kappa shape index (κ1) is 33.2. The van der Waals surface area contributed by atoms with Crippen LogP contribution in [0.25, 0.3) is 0 Å². The second kappa shape index (κ2) is 30.2. The first-order valence-corrected chi connectivity index (χ1v) is 15.7. The molecule has 0 saturated heterocycles. The summed E-state index contributed by atoms with van der Waals surface area (Å²) in [6.45, 7) is 5.40. The van der Waals surface area contributed by atoms with Crippen LogP contribution < -0.4 is 5.32 Å². The number of allylic oxidation sites excluding steroid dienone is 2. The monoisotopic (exact) mass is 477 g/mol. The first-order chi connectivity index (χ1) is 16.8. The van der Waals surface area contributed by atoms with E-state index >= 15 is 0 Å². The fourth-order valence-electron chi connectivity index (χ4n) is 4.65. The minimum absolute atomic E-state index is 0.251. The number of hydrogen-bond acceptors (Lipinski definition) is 1. The Bertz CT molecular complexity index is 417. The average molecular weight is 478 g/mol. The Morgan fingerprint density at radius 3 is 1.26 bits per heavy atom. The van der Waals surface area contributed by atoms with Crippen molar-refractivity contribution in [2.24, 2.45) is 0 Å². The predicted molar refractivity (Wildman–Crippen MR) is 154 cm³/mol. The molecule has 1 N–H and O–H groups in total. The molecule has 0 aromatic heterocycles. The van der Waals surface area contributed by atoms with Gasteiger partial charge in [0.25, 0.3) is 0 Å². The molecule has 0 aliphatic rings. The molecule has 0 spiro atoms. The molecule has 0 rings (SSSR count). The standard InChI is InChI=1S/C32H63NO/c1-3-5-7-9-11-13-15-16-17-18-19-21-23-25-27-29-31-33-32(34)30-28-26-24-22-20-14-12-10-8-6-4-2/h23,25H,3-22,24,26-31H2,1-2H3,(H,33,34). The highest BCUT2D eigenvalue weighted by atomic mass is 16.1. The van der Waals surface area contributed by atoms with Crippen LogP contribution in [0.2, 0.25) is 0 Å². The summed E-state index contributed by atoms with van der Waals surface area (Å²) in [5, 5.41) is 3.09. The first-order valence-electron chi connectivity index (χ1n) is 15.7. The number of rotatable bonds is 28. The lowest BCUT2D eigenvalue weighted by Gasteiger charge is -2.05. The summed E-state index contributed by atoms with van der Waals surface area (Å²) in [4.78, 5) is 11.9. The van der Waals surface area contributed by atoms with Gasteiger partial charge in [-0.2, -0.15) is 0 Å². The van der Waals surface area contributed by atoms with E-state index in [2.05, 4.69) is 31.3 Å². The minimum Gasteiger partial charge on any atom is -0.356 e. The Morgan fingerprint density at radius 2 is 0.824 bits per heavy atom. The van der Waals surface area contributed by atoms with Gasteiger partial charge in [0.2, 0.25) is 5.91 Å². The van der Waals surface area contributed by atoms with Crippen LogP contribution in [-0.4, -0.2) is 12.5 Å². The topological polar surface area (TPSA) is 29.1 Å². The fourth-order valence-corrected chi connectivity index (χ4v) is 4.65. The summed E-state index contributed by atoms with van der Waals surface area (Å²) in [5.41, 5.74) is 0. The second-order valence-corrected chi connectivity index (χ2v) is 10.6. The van der Waals surface area contributed by atoms with E-state index in [0.717, 1.165) is 25.8 Å². The number of nitrogens with one attached hydrogen (secondary N) is 1. The molecule has 0 saturated carbocycles. The van der Waals surface area contributed by atoms with Crippen molar-refractivity contribution in [2.75, 3.05) is 6.54 Å². The van der Waals surface area contributed by atoms with Crippen molar-refractivity contribution in [3.63, 3.8) is 0 Å². The zero-order valence-electron chi connectivity index (χ0n) is 23.7. The molecule has 0 atom stereocenters. The quantitative estimate of drug-likeness (QED) is 0.0880. The van der Waals surface area contributed by atoms with E-state index in [4.69, 9.17) is 0 Å². The molecule has 34 heavy (non-hydrogen) atoms. The lowest BCUT2D eigenvalue weighted by atomic mass is 10.1. The fraction of sp³-hybridized carbons (Fsp3) is 0.906. The highest BCUT2D eigenvalue weighted by Gasteiger charge is 2.00. The molecule has 0 bridgehead atoms. The largest absolute Gasteiger partial charge is 0.356 e. The van der Waals surface area contributed by atoms with E-state index in [1.807, 2.05) is 0 Å². The third-order valence-electron chi connectivity index (χ3n) is 7.02. The van der Waals surface area contributed by atoms with Gasteiger partial charge in [-0.3, -0.25) is 4.79 Å². The van der Waals surface area contributed by atoms with Crippen molar-refractivity contribution in [3.05, 3.63) is 12.2 Å². The Labute approximate surface area is 215 Å². The maximum Gasteiger partial charge on any atom is 0.219 e. The number of carbonyl (C=O) groups is 1. The number of amides is 1. The van der Waals surface area contributed by atoms with Crippen molar-refractivity contribution >= 4 is 5.91 Å². The highest BCUT2D eigenvalue weighted by molar-refractivity contribution is 5.75. The second-order valence-electron chi connectivity index (χ2n) is 10.6. The van der Waals surface area contributed by atoms with Crippen LogP contribution in [-0.2, 0) is 4.79 Å². The maximum absolute atomic E-state index is 11.9. The summed E-state index contributed by atoms with van der Waals surface area (Å²) < 4.78 is 0. The Hall–Kier alpha value is -0.790. The van der Waals surface area contributed by atoms with E-state index in [9.17, 15) is 4.79 Å². The van der Waals surface area contributed by atoms with Gasteiger partial charge in [-0.25, -0.2) is 0 Å². The van der Waals surface area contributed by atoms with Crippen molar-refractivity contribution < 1.29 is 4.79 Å². The molecule has 0 radical (unpaired) electrons. The highest BCUT2D eigenvalue weighted by Crippen LogP contribution is 2.13. The molecule has 0 aliphatic carbocycles. The average Bonchev–Trinajstić information content (AvgIpc) is 2.84. The van der Waals surface area contributed by atoms with Gasteiger partial charge in [0.1, 0.15) is 0 Å². The molecule has 0 unspecified atom stereocenters. The minimum atomic E-state index is 0.251. The predicted octanol–water partition coefficient (Wildman–Crippen LogP) is 10.8. The van der Waals surface area contributed by atoms with Crippen LogP contribution in [0.3, 0.4) is 0 Å². The van der Waals surface area contributed by atoms with E-state index in [0.29, 0.717) is 6.42 Å². The smallest absolute Gasteiger partial charge is 0.219 e. The molecule has 0 fully saturated rings. The summed E-state index contributed by atoms with van der Waals surface area (Å²) in [6.07, 6.45) is 39.0. The van der Waals surface area contributed by atoms with Gasteiger partial charge in [0.15, 0.2) is 0 Å². The third-order valence-corrected chi connectivity index (χ3v) is 7.02. The van der Waals surface area contributed by atoms with Crippen molar-refractivity contribution in [2.45, 2.75) is 181 Å². The summed E-state index contributed by atoms with van der Waals surface area (Å²) in [6, 6.07) is 0. The zero-order chi connectivity index (χ0) is 24.8. The van der Waals surface area contributed by atoms with Gasteiger partial charge in [-0.1, -0.05) is 154 Å². The van der Waals surface area contributed by atoms with Gasteiger partial charge >= 0.3 is 0 Å². The molecule has 0 aliphatic heterocycles. The SMILES string of the molecule is CCCCCCCCCCCCCC=CCCCNC(=O)CCCCCCCCCCCCC. The van der Waals surface area contributed by atoms with Crippen LogP contribution >= 0.6 is 0 Å². The van der Waals surface area contributed by atoms with Gasteiger partial charge in [-0.15, -0.1) is 0 Å². The Kier molecular flexibility index (Phi) is 29.5. The van der Waals surface area contributed by atoms with E-state index in [1.165, 1.54) is 141 Å². The van der Waals surface area contributed by atoms with Crippen LogP contribution in [0.1, 0.15) is 181 Å². The van der Waals surface area contributed by atoms with Gasteiger partial charge in [0.05, 0.1) is 0 Å². The summed E-state index contributed by atoms with van der Waals surface area (Å²) >= 11 is 0. The third kappa shape index (κ3) is 29.2. The molecule has 2 nitrogen and oxygen atoms in total. The lowest BCUT2D eigenvalue weighted by Crippen LogP contribution is -2.23. The molecule has 0 heterocycles. The van der Waals surface area contributed by atoms with Crippen LogP contribution in [0.15, 0.2) is 12.2 Å². The molecule has 202 valence electrons. The lowest BCUT2D eigenvalue weighted by molar-refractivity contribution is -0.121. The molecule has 1 amide bonds. The molecular formula is C32H63NO. The normalized spacial score (nSPS) is 11.5.